The molecule has 1 aromatic carbocycles. The SMILES string of the molecule is Cc1nnc(CNC(=NCc2ccccc2)NC2CCOC3(CCCC3)C2)n1C. The molecule has 29 heavy (non-hydrogen) atoms. The molecule has 156 valence electrons. The third-order valence-electron chi connectivity index (χ3n) is 6.21. The highest BCUT2D eigenvalue weighted by Crippen LogP contribution is 2.39. The second-order valence-corrected chi connectivity index (χ2v) is 8.30. The smallest absolute Gasteiger partial charge is 0.192 e. The molecule has 1 unspecified atom stereocenters. The van der Waals surface area contributed by atoms with Gasteiger partial charge in [-0.3, -0.25) is 0 Å². The molecule has 2 aliphatic rings. The van der Waals surface area contributed by atoms with Crippen LogP contribution in [0.25, 0.3) is 0 Å². The van der Waals surface area contributed by atoms with Gasteiger partial charge >= 0.3 is 0 Å². The molecule has 1 aliphatic carbocycles. The molecule has 4 rings (SSSR count). The molecule has 2 aromatic rings. The molecule has 2 N–H and O–H groups in total. The van der Waals surface area contributed by atoms with Crippen LogP contribution in [0.15, 0.2) is 35.3 Å². The van der Waals surface area contributed by atoms with E-state index in [4.69, 9.17) is 9.73 Å². The molecule has 1 atom stereocenters. The highest BCUT2D eigenvalue weighted by molar-refractivity contribution is 5.80. The van der Waals surface area contributed by atoms with Crippen molar-refractivity contribution >= 4 is 5.96 Å². The minimum absolute atomic E-state index is 0.0845. The minimum Gasteiger partial charge on any atom is -0.375 e. The van der Waals surface area contributed by atoms with E-state index in [2.05, 4.69) is 45.1 Å². The van der Waals surface area contributed by atoms with Gasteiger partial charge < -0.3 is 19.9 Å². The Morgan fingerprint density at radius 2 is 2.03 bits per heavy atom. The van der Waals surface area contributed by atoms with E-state index in [9.17, 15) is 0 Å². The van der Waals surface area contributed by atoms with Gasteiger partial charge in [0, 0.05) is 19.7 Å². The first-order valence-corrected chi connectivity index (χ1v) is 10.7. The molecule has 2 heterocycles. The Hall–Kier alpha value is -2.41. The standard InChI is InChI=1S/C22H32N6O/c1-17-26-27-20(28(17)2)16-24-21(23-15-18-8-4-3-5-9-18)25-19-10-13-29-22(14-19)11-6-7-12-22/h3-5,8-9,19H,6-7,10-16H2,1-2H3,(H2,23,24,25). The van der Waals surface area contributed by atoms with Crippen molar-refractivity contribution in [3.8, 4) is 0 Å². The Morgan fingerprint density at radius 3 is 2.76 bits per heavy atom. The van der Waals surface area contributed by atoms with Gasteiger partial charge in [-0.25, -0.2) is 4.99 Å². The van der Waals surface area contributed by atoms with Crippen molar-refractivity contribution < 1.29 is 4.74 Å². The van der Waals surface area contributed by atoms with Crippen molar-refractivity contribution in [2.45, 2.75) is 70.2 Å². The van der Waals surface area contributed by atoms with Gasteiger partial charge in [-0.05, 0) is 38.2 Å². The van der Waals surface area contributed by atoms with Gasteiger partial charge in [0.2, 0.25) is 0 Å². The van der Waals surface area contributed by atoms with Crippen molar-refractivity contribution in [3.05, 3.63) is 47.5 Å². The van der Waals surface area contributed by atoms with Crippen LogP contribution in [-0.4, -0.2) is 39.0 Å². The Balaban J connectivity index is 1.44. The normalized spacial score (nSPS) is 21.4. The van der Waals surface area contributed by atoms with Crippen LogP contribution in [0.5, 0.6) is 0 Å². The van der Waals surface area contributed by atoms with Gasteiger partial charge in [-0.1, -0.05) is 43.2 Å². The number of guanidine groups is 1. The fourth-order valence-corrected chi connectivity index (χ4v) is 4.39. The number of aromatic nitrogens is 3. The third-order valence-corrected chi connectivity index (χ3v) is 6.21. The summed E-state index contributed by atoms with van der Waals surface area (Å²) in [6.07, 6.45) is 7.01. The highest BCUT2D eigenvalue weighted by Gasteiger charge is 2.40. The van der Waals surface area contributed by atoms with Crippen LogP contribution in [0, 0.1) is 6.92 Å². The summed E-state index contributed by atoms with van der Waals surface area (Å²) in [5.41, 5.74) is 1.28. The van der Waals surface area contributed by atoms with E-state index in [1.165, 1.54) is 31.2 Å². The van der Waals surface area contributed by atoms with Gasteiger partial charge in [0.05, 0.1) is 18.7 Å². The number of nitrogens with zero attached hydrogens (tertiary/aromatic N) is 4. The molecular formula is C22H32N6O. The Bertz CT molecular complexity index is 825. The van der Waals surface area contributed by atoms with Crippen molar-refractivity contribution in [1.29, 1.82) is 0 Å². The van der Waals surface area contributed by atoms with Gasteiger partial charge in [0.15, 0.2) is 11.8 Å². The van der Waals surface area contributed by atoms with E-state index < -0.39 is 0 Å². The van der Waals surface area contributed by atoms with Gasteiger partial charge in [0.1, 0.15) is 5.82 Å². The largest absolute Gasteiger partial charge is 0.375 e. The van der Waals surface area contributed by atoms with E-state index in [-0.39, 0.29) is 5.60 Å². The Labute approximate surface area is 173 Å². The van der Waals surface area contributed by atoms with E-state index in [0.29, 0.717) is 19.1 Å². The van der Waals surface area contributed by atoms with Crippen LogP contribution in [0.2, 0.25) is 0 Å². The number of hydrogen-bond donors (Lipinski definition) is 2. The molecular weight excluding hydrogens is 364 g/mol. The van der Waals surface area contributed by atoms with Crippen LogP contribution in [0.1, 0.15) is 55.7 Å². The Morgan fingerprint density at radius 1 is 1.24 bits per heavy atom. The third kappa shape index (κ3) is 4.96. The van der Waals surface area contributed by atoms with Crippen LogP contribution in [-0.2, 0) is 24.9 Å². The zero-order chi connectivity index (χ0) is 20.1. The fraction of sp³-hybridized carbons (Fsp3) is 0.591. The number of aryl methyl sites for hydroxylation is 1. The summed E-state index contributed by atoms with van der Waals surface area (Å²) in [6.45, 7) is 4.02. The second-order valence-electron chi connectivity index (χ2n) is 8.30. The minimum atomic E-state index is 0.0845. The number of nitrogens with one attached hydrogen (secondary N) is 2. The quantitative estimate of drug-likeness (QED) is 0.600. The summed E-state index contributed by atoms with van der Waals surface area (Å²) in [5, 5.41) is 15.5. The lowest BCUT2D eigenvalue weighted by Crippen LogP contribution is -2.50. The van der Waals surface area contributed by atoms with Gasteiger partial charge in [-0.2, -0.15) is 0 Å². The maximum absolute atomic E-state index is 6.19. The molecule has 0 bridgehead atoms. The van der Waals surface area contributed by atoms with Crippen molar-refractivity contribution in [2.75, 3.05) is 6.61 Å². The number of ether oxygens (including phenoxy) is 1. The lowest BCUT2D eigenvalue weighted by Gasteiger charge is -2.39. The molecule has 0 radical (unpaired) electrons. The van der Waals surface area contributed by atoms with Crippen LogP contribution in [0.3, 0.4) is 0 Å². The summed E-state index contributed by atoms with van der Waals surface area (Å²) >= 11 is 0. The average Bonchev–Trinajstić information content (AvgIpc) is 3.32. The molecule has 1 saturated carbocycles. The van der Waals surface area contributed by atoms with Crippen LogP contribution >= 0.6 is 0 Å². The maximum Gasteiger partial charge on any atom is 0.192 e. The van der Waals surface area contributed by atoms with Crippen LogP contribution in [0.4, 0.5) is 0 Å². The zero-order valence-corrected chi connectivity index (χ0v) is 17.5. The zero-order valence-electron chi connectivity index (χ0n) is 17.5. The number of benzene rings is 1. The summed E-state index contributed by atoms with van der Waals surface area (Å²) in [5.74, 6) is 2.63. The lowest BCUT2D eigenvalue weighted by molar-refractivity contribution is -0.0815. The molecule has 7 nitrogen and oxygen atoms in total. The number of hydrogen-bond acceptors (Lipinski definition) is 4. The van der Waals surface area contributed by atoms with Crippen molar-refractivity contribution in [1.82, 2.24) is 25.4 Å². The monoisotopic (exact) mass is 396 g/mol. The van der Waals surface area contributed by atoms with Gasteiger partial charge in [-0.15, -0.1) is 10.2 Å². The van der Waals surface area contributed by atoms with E-state index in [0.717, 1.165) is 37.1 Å². The van der Waals surface area contributed by atoms with E-state index >= 15 is 0 Å². The lowest BCUT2D eigenvalue weighted by atomic mass is 9.89. The number of aliphatic imine (C=N–C) groups is 1. The van der Waals surface area contributed by atoms with Crippen molar-refractivity contribution in [3.63, 3.8) is 0 Å². The molecule has 1 saturated heterocycles. The van der Waals surface area contributed by atoms with E-state index in [1.807, 2.05) is 24.6 Å². The van der Waals surface area contributed by atoms with Crippen molar-refractivity contribution in [2.24, 2.45) is 12.0 Å². The second kappa shape index (κ2) is 8.95. The number of rotatable bonds is 5. The molecule has 7 heteroatoms. The molecule has 1 aliphatic heterocycles. The Kier molecular flexibility index (Phi) is 6.13. The first-order chi connectivity index (χ1) is 14.1. The first kappa shape index (κ1) is 19.9. The summed E-state index contributed by atoms with van der Waals surface area (Å²) in [6, 6.07) is 10.7. The fourth-order valence-electron chi connectivity index (χ4n) is 4.39. The van der Waals surface area contributed by atoms with E-state index in [1.54, 1.807) is 0 Å². The summed E-state index contributed by atoms with van der Waals surface area (Å²) < 4.78 is 8.20. The molecule has 2 fully saturated rings. The summed E-state index contributed by atoms with van der Waals surface area (Å²) in [4.78, 5) is 4.85. The molecule has 1 aromatic heterocycles. The average molecular weight is 397 g/mol. The molecule has 1 spiro atoms. The summed E-state index contributed by atoms with van der Waals surface area (Å²) in [7, 11) is 1.99. The maximum atomic E-state index is 6.19. The highest BCUT2D eigenvalue weighted by atomic mass is 16.5. The topological polar surface area (TPSA) is 76.4 Å². The predicted molar refractivity (Wildman–Crippen MR) is 113 cm³/mol. The van der Waals surface area contributed by atoms with Gasteiger partial charge in [0.25, 0.3) is 0 Å². The first-order valence-electron chi connectivity index (χ1n) is 10.7. The predicted octanol–water partition coefficient (Wildman–Crippen LogP) is 2.85. The molecule has 0 amide bonds. The van der Waals surface area contributed by atoms with Crippen LogP contribution < -0.4 is 10.6 Å².